The summed E-state index contributed by atoms with van der Waals surface area (Å²) in [6.07, 6.45) is 2.58. The molecule has 0 amide bonds. The maximum absolute atomic E-state index is 11.2. The van der Waals surface area contributed by atoms with Crippen LogP contribution in [0.3, 0.4) is 0 Å². The fraction of sp³-hybridized carbons (Fsp3) is 0.727. The summed E-state index contributed by atoms with van der Waals surface area (Å²) >= 11 is 1.49. The molecule has 1 saturated carbocycles. The lowest BCUT2D eigenvalue weighted by molar-refractivity contribution is 0.552. The molecule has 1 aliphatic carbocycles. The van der Waals surface area contributed by atoms with Crippen molar-refractivity contribution >= 4 is 11.8 Å². The number of nitrogens with zero attached hydrogens (tertiary/aromatic N) is 2. The Bertz CT molecular complexity index is 521. The van der Waals surface area contributed by atoms with E-state index in [1.165, 1.54) is 29.3 Å². The lowest BCUT2D eigenvalue weighted by Gasteiger charge is -2.12. The van der Waals surface area contributed by atoms with Crippen LogP contribution in [0.15, 0.2) is 14.7 Å². The third-order valence-electron chi connectivity index (χ3n) is 2.78. The summed E-state index contributed by atoms with van der Waals surface area (Å²) in [5.41, 5.74) is -1.40. The van der Waals surface area contributed by atoms with Crippen LogP contribution in [0.25, 0.3) is 0 Å². The Morgan fingerprint density at radius 3 is 2.94 bits per heavy atom. The van der Waals surface area contributed by atoms with Gasteiger partial charge in [-0.1, -0.05) is 18.7 Å². The van der Waals surface area contributed by atoms with Crippen LogP contribution in [0.2, 0.25) is 0 Å². The molecule has 0 bridgehead atoms. The first-order chi connectivity index (χ1) is 8.56. The molecule has 1 heterocycles. The second-order valence-electron chi connectivity index (χ2n) is 4.80. The zero-order valence-electron chi connectivity index (χ0n) is 10.6. The van der Waals surface area contributed by atoms with Gasteiger partial charge in [-0.25, -0.2) is 0 Å². The van der Waals surface area contributed by atoms with Gasteiger partial charge in [0.1, 0.15) is 0 Å². The Kier molecular flexibility index (Phi) is 4.23. The van der Waals surface area contributed by atoms with Crippen LogP contribution in [-0.4, -0.2) is 33.1 Å². The minimum Gasteiger partial charge on any atom is -0.314 e. The Balaban J connectivity index is 1.86. The molecule has 2 N–H and O–H groups in total. The molecule has 0 spiro atoms. The monoisotopic (exact) mass is 270 g/mol. The number of hydrogen-bond donors (Lipinski definition) is 2. The van der Waals surface area contributed by atoms with Crippen LogP contribution in [-0.2, 0) is 7.05 Å². The number of nitrogens with one attached hydrogen (secondary N) is 2. The molecular formula is C11H18N4O2S. The Morgan fingerprint density at radius 2 is 2.28 bits per heavy atom. The molecule has 0 radical (unpaired) electrons. The predicted molar refractivity (Wildman–Crippen MR) is 71.0 cm³/mol. The minimum atomic E-state index is -0.723. The van der Waals surface area contributed by atoms with Crippen molar-refractivity contribution in [3.63, 3.8) is 0 Å². The van der Waals surface area contributed by atoms with Crippen molar-refractivity contribution in [1.29, 1.82) is 0 Å². The molecular weight excluding hydrogens is 252 g/mol. The summed E-state index contributed by atoms with van der Waals surface area (Å²) in [6, 6.07) is 0.716. The van der Waals surface area contributed by atoms with E-state index in [1.54, 1.807) is 7.05 Å². The van der Waals surface area contributed by atoms with Crippen molar-refractivity contribution in [2.75, 3.05) is 12.3 Å². The summed E-state index contributed by atoms with van der Waals surface area (Å²) in [5.74, 6) is 1.37. The first-order valence-corrected chi connectivity index (χ1v) is 7.08. The molecule has 7 heteroatoms. The number of aryl methyl sites for hydroxylation is 1. The Hall–Kier alpha value is -1.08. The van der Waals surface area contributed by atoms with E-state index in [9.17, 15) is 9.59 Å². The van der Waals surface area contributed by atoms with Gasteiger partial charge in [-0.15, -0.1) is 0 Å². The molecule has 1 atom stereocenters. The van der Waals surface area contributed by atoms with Crippen molar-refractivity contribution in [3.05, 3.63) is 20.7 Å². The number of thioether (sulfide) groups is 1. The van der Waals surface area contributed by atoms with Crippen molar-refractivity contribution in [2.45, 2.75) is 31.0 Å². The quantitative estimate of drug-likeness (QED) is 0.559. The molecule has 0 aliphatic heterocycles. The fourth-order valence-corrected chi connectivity index (χ4v) is 2.46. The molecule has 0 saturated heterocycles. The highest BCUT2D eigenvalue weighted by atomic mass is 32.2. The van der Waals surface area contributed by atoms with Gasteiger partial charge in [0.25, 0.3) is 0 Å². The average molecular weight is 270 g/mol. The van der Waals surface area contributed by atoms with Gasteiger partial charge in [0.05, 0.1) is 0 Å². The third-order valence-corrected chi connectivity index (χ3v) is 4.14. The SMILES string of the molecule is CC(CNC1CC1)CSc1nc(=O)c(=O)[nH]n1C. The second kappa shape index (κ2) is 5.71. The fourth-order valence-electron chi connectivity index (χ4n) is 1.52. The van der Waals surface area contributed by atoms with Gasteiger partial charge in [-0.3, -0.25) is 19.4 Å². The molecule has 18 heavy (non-hydrogen) atoms. The highest BCUT2D eigenvalue weighted by Gasteiger charge is 2.20. The van der Waals surface area contributed by atoms with Crippen LogP contribution in [0, 0.1) is 5.92 Å². The van der Waals surface area contributed by atoms with Crippen LogP contribution in [0.1, 0.15) is 19.8 Å². The Morgan fingerprint density at radius 1 is 1.56 bits per heavy atom. The van der Waals surface area contributed by atoms with Gasteiger partial charge in [-0.05, 0) is 25.3 Å². The summed E-state index contributed by atoms with van der Waals surface area (Å²) in [5, 5.41) is 6.46. The average Bonchev–Trinajstić information content (AvgIpc) is 3.13. The lowest BCUT2D eigenvalue weighted by Crippen LogP contribution is -2.34. The van der Waals surface area contributed by atoms with Gasteiger partial charge in [-0.2, -0.15) is 4.98 Å². The van der Waals surface area contributed by atoms with Crippen LogP contribution >= 0.6 is 11.8 Å². The lowest BCUT2D eigenvalue weighted by atomic mass is 10.2. The maximum atomic E-state index is 11.2. The second-order valence-corrected chi connectivity index (χ2v) is 5.79. The predicted octanol–water partition coefficient (Wildman–Crippen LogP) is -0.0512. The molecule has 100 valence electrons. The smallest absolute Gasteiger partial charge is 0.314 e. The molecule has 1 aliphatic rings. The number of H-pyrrole nitrogens is 1. The van der Waals surface area contributed by atoms with E-state index in [2.05, 4.69) is 22.3 Å². The van der Waals surface area contributed by atoms with Gasteiger partial charge in [0, 0.05) is 18.8 Å². The van der Waals surface area contributed by atoms with E-state index in [4.69, 9.17) is 0 Å². The molecule has 1 aromatic heterocycles. The normalized spacial score (nSPS) is 16.8. The van der Waals surface area contributed by atoms with Gasteiger partial charge < -0.3 is 5.32 Å². The first-order valence-electron chi connectivity index (χ1n) is 6.10. The number of aromatic nitrogens is 3. The van der Waals surface area contributed by atoms with E-state index in [0.717, 1.165) is 12.3 Å². The van der Waals surface area contributed by atoms with Crippen LogP contribution < -0.4 is 16.4 Å². The summed E-state index contributed by atoms with van der Waals surface area (Å²) < 4.78 is 1.50. The topological polar surface area (TPSA) is 79.8 Å². The van der Waals surface area contributed by atoms with Crippen molar-refractivity contribution in [2.24, 2.45) is 13.0 Å². The molecule has 1 unspecified atom stereocenters. The van der Waals surface area contributed by atoms with Crippen LogP contribution in [0.5, 0.6) is 0 Å². The number of rotatable bonds is 6. The summed E-state index contributed by atoms with van der Waals surface area (Å²) in [4.78, 5) is 26.0. The highest BCUT2D eigenvalue weighted by Crippen LogP contribution is 2.20. The van der Waals surface area contributed by atoms with Crippen molar-refractivity contribution in [1.82, 2.24) is 20.1 Å². The van der Waals surface area contributed by atoms with E-state index in [-0.39, 0.29) is 0 Å². The van der Waals surface area contributed by atoms with Gasteiger partial charge in [0.2, 0.25) is 0 Å². The standard InChI is InChI=1S/C11H18N4O2S/c1-7(5-12-8-3-4-8)6-18-11-13-9(16)10(17)14-15(11)2/h7-8,12H,3-6H2,1-2H3,(H,14,17). The molecule has 1 fully saturated rings. The van der Waals surface area contributed by atoms with Crippen molar-refractivity contribution < 1.29 is 0 Å². The van der Waals surface area contributed by atoms with E-state index >= 15 is 0 Å². The van der Waals surface area contributed by atoms with Crippen molar-refractivity contribution in [3.8, 4) is 0 Å². The molecule has 2 rings (SSSR count). The largest absolute Gasteiger partial charge is 0.339 e. The zero-order valence-corrected chi connectivity index (χ0v) is 11.4. The first kappa shape index (κ1) is 13.4. The number of hydrogen-bond acceptors (Lipinski definition) is 5. The van der Waals surface area contributed by atoms with E-state index < -0.39 is 11.1 Å². The maximum Gasteiger partial charge on any atom is 0.339 e. The number of aromatic amines is 1. The molecule has 0 aromatic carbocycles. The third kappa shape index (κ3) is 3.71. The summed E-state index contributed by atoms with van der Waals surface area (Å²) in [7, 11) is 1.68. The molecule has 6 nitrogen and oxygen atoms in total. The Labute approximate surface area is 109 Å². The van der Waals surface area contributed by atoms with Crippen LogP contribution in [0.4, 0.5) is 0 Å². The highest BCUT2D eigenvalue weighted by molar-refractivity contribution is 7.99. The molecule has 1 aromatic rings. The van der Waals surface area contributed by atoms with E-state index in [1.807, 2.05) is 0 Å². The summed E-state index contributed by atoms with van der Waals surface area (Å²) in [6.45, 7) is 3.14. The zero-order chi connectivity index (χ0) is 13.1. The van der Waals surface area contributed by atoms with Gasteiger partial charge >= 0.3 is 11.1 Å². The van der Waals surface area contributed by atoms with E-state index in [0.29, 0.717) is 17.1 Å². The minimum absolute atomic E-state index is 0.499. The van der Waals surface area contributed by atoms with Gasteiger partial charge in [0.15, 0.2) is 5.16 Å².